The third kappa shape index (κ3) is 3.60. The highest BCUT2D eigenvalue weighted by molar-refractivity contribution is 6.30. The van der Waals surface area contributed by atoms with Gasteiger partial charge in [0.05, 0.1) is 22.6 Å². The molecule has 6 heteroatoms. The number of pyridine rings is 1. The van der Waals surface area contributed by atoms with E-state index in [0.29, 0.717) is 19.0 Å². The van der Waals surface area contributed by atoms with Gasteiger partial charge in [0.1, 0.15) is 5.82 Å². The smallest absolute Gasteiger partial charge is 0.255 e. The van der Waals surface area contributed by atoms with Crippen molar-refractivity contribution < 1.29 is 0 Å². The monoisotopic (exact) mass is 392 g/mol. The van der Waals surface area contributed by atoms with Crippen molar-refractivity contribution in [1.29, 1.82) is 0 Å². The summed E-state index contributed by atoms with van der Waals surface area (Å²) in [4.78, 5) is 27.3. The quantitative estimate of drug-likeness (QED) is 0.731. The number of nitrogens with zero attached hydrogens (tertiary/aromatic N) is 3. The summed E-state index contributed by atoms with van der Waals surface area (Å²) >= 11 is 5.98. The van der Waals surface area contributed by atoms with Gasteiger partial charge in [0, 0.05) is 42.6 Å². The molecule has 5 nitrogen and oxygen atoms in total. The number of fused-ring (bicyclic) bond motifs is 1. The van der Waals surface area contributed by atoms with Gasteiger partial charge < -0.3 is 4.98 Å². The maximum absolute atomic E-state index is 12.5. The first-order valence-corrected chi connectivity index (χ1v) is 10.1. The van der Waals surface area contributed by atoms with Crippen LogP contribution in [0, 0.1) is 0 Å². The van der Waals surface area contributed by atoms with Crippen molar-refractivity contribution in [3.63, 3.8) is 0 Å². The lowest BCUT2D eigenvalue weighted by atomic mass is 10.1. The van der Waals surface area contributed by atoms with E-state index in [1.165, 1.54) is 0 Å². The van der Waals surface area contributed by atoms with Gasteiger partial charge in [0.15, 0.2) is 0 Å². The topological polar surface area (TPSA) is 61.9 Å². The molecule has 2 aliphatic rings. The van der Waals surface area contributed by atoms with Crippen LogP contribution in [-0.4, -0.2) is 26.4 Å². The molecule has 0 unspecified atom stereocenters. The summed E-state index contributed by atoms with van der Waals surface area (Å²) in [6, 6.07) is 13.8. The number of H-pyrrole nitrogens is 1. The molecule has 3 heterocycles. The highest BCUT2D eigenvalue weighted by Gasteiger charge is 2.29. The summed E-state index contributed by atoms with van der Waals surface area (Å²) in [5, 5.41) is 0.718. The highest BCUT2D eigenvalue weighted by Crippen LogP contribution is 2.37. The number of aromatic nitrogens is 3. The lowest BCUT2D eigenvalue weighted by Crippen LogP contribution is -2.36. The van der Waals surface area contributed by atoms with Crippen molar-refractivity contribution in [3.8, 4) is 11.3 Å². The molecule has 28 heavy (non-hydrogen) atoms. The molecule has 0 saturated heterocycles. The van der Waals surface area contributed by atoms with E-state index in [4.69, 9.17) is 21.6 Å². The third-order valence-electron chi connectivity index (χ3n) is 5.46. The summed E-state index contributed by atoms with van der Waals surface area (Å²) in [6.07, 6.45) is 3.10. The molecule has 1 saturated carbocycles. The fourth-order valence-corrected chi connectivity index (χ4v) is 3.89. The van der Waals surface area contributed by atoms with E-state index in [9.17, 15) is 4.79 Å². The molecule has 0 atom stereocenters. The second-order valence-corrected chi connectivity index (χ2v) is 8.07. The highest BCUT2D eigenvalue weighted by atomic mass is 35.5. The molecular formula is C22H21ClN4O. The molecule has 1 fully saturated rings. The Labute approximate surface area is 168 Å². The normalized spacial score (nSPS) is 16.8. The predicted molar refractivity (Wildman–Crippen MR) is 109 cm³/mol. The van der Waals surface area contributed by atoms with Gasteiger partial charge >= 0.3 is 0 Å². The molecule has 1 aliphatic heterocycles. The zero-order valence-electron chi connectivity index (χ0n) is 15.5. The number of hydrogen-bond donors (Lipinski definition) is 1. The van der Waals surface area contributed by atoms with Gasteiger partial charge in [-0.1, -0.05) is 29.8 Å². The summed E-state index contributed by atoms with van der Waals surface area (Å²) in [5.74, 6) is 1.35. The molecular weight excluding hydrogens is 372 g/mol. The van der Waals surface area contributed by atoms with E-state index < -0.39 is 0 Å². The van der Waals surface area contributed by atoms with E-state index in [0.717, 1.165) is 64.9 Å². The average molecular weight is 393 g/mol. The molecule has 1 N–H and O–H groups in total. The van der Waals surface area contributed by atoms with Gasteiger partial charge in [-0.3, -0.25) is 14.7 Å². The van der Waals surface area contributed by atoms with Crippen LogP contribution < -0.4 is 5.56 Å². The lowest BCUT2D eigenvalue weighted by molar-refractivity contribution is 0.238. The molecule has 0 radical (unpaired) electrons. The Hall–Kier alpha value is -2.50. The fraction of sp³-hybridized carbons (Fsp3) is 0.318. The van der Waals surface area contributed by atoms with Crippen molar-refractivity contribution in [3.05, 3.63) is 80.6 Å². The van der Waals surface area contributed by atoms with Crippen LogP contribution in [0.1, 0.15) is 41.5 Å². The Bertz CT molecular complexity index is 1070. The minimum atomic E-state index is 0.0273. The van der Waals surface area contributed by atoms with E-state index in [2.05, 4.69) is 9.88 Å². The first-order chi connectivity index (χ1) is 13.7. The molecule has 3 aromatic rings. The zero-order valence-corrected chi connectivity index (χ0v) is 16.2. The largest absolute Gasteiger partial charge is 0.310 e. The molecule has 0 amide bonds. The first kappa shape index (κ1) is 17.6. The average Bonchev–Trinajstić information content (AvgIpc) is 3.54. The Kier molecular flexibility index (Phi) is 4.49. The Morgan fingerprint density at radius 1 is 1.11 bits per heavy atom. The van der Waals surface area contributed by atoms with Gasteiger partial charge in [0.25, 0.3) is 5.56 Å². The maximum Gasteiger partial charge on any atom is 0.255 e. The van der Waals surface area contributed by atoms with Gasteiger partial charge in [0.2, 0.25) is 0 Å². The molecule has 0 spiro atoms. The van der Waals surface area contributed by atoms with Crippen LogP contribution in [0.2, 0.25) is 5.02 Å². The van der Waals surface area contributed by atoms with Crippen LogP contribution in [0.25, 0.3) is 11.3 Å². The van der Waals surface area contributed by atoms with Gasteiger partial charge in [-0.05, 0) is 37.1 Å². The maximum atomic E-state index is 12.5. The summed E-state index contributed by atoms with van der Waals surface area (Å²) < 4.78 is 0. The third-order valence-corrected chi connectivity index (χ3v) is 5.71. The lowest BCUT2D eigenvalue weighted by Gasteiger charge is -2.27. The van der Waals surface area contributed by atoms with Crippen LogP contribution >= 0.6 is 11.6 Å². The second-order valence-electron chi connectivity index (χ2n) is 7.63. The SMILES string of the molecule is O=c1[nH]c(C2CC2)nc2c1CN(Cc1cccc(-c3ccc(Cl)cc3)n1)CC2. The van der Waals surface area contributed by atoms with E-state index in [-0.39, 0.29) is 5.56 Å². The second kappa shape index (κ2) is 7.15. The van der Waals surface area contributed by atoms with Crippen molar-refractivity contribution in [2.24, 2.45) is 0 Å². The summed E-state index contributed by atoms with van der Waals surface area (Å²) in [5.41, 5.74) is 4.78. The Morgan fingerprint density at radius 2 is 1.93 bits per heavy atom. The standard InChI is InChI=1S/C22H21ClN4O/c23-16-8-6-14(7-9-16)19-3-1-2-17(24-19)12-27-11-10-20-18(13-27)22(28)26-21(25-20)15-4-5-15/h1-3,6-9,15H,4-5,10-13H2,(H,25,26,28). The number of rotatable bonds is 4. The first-order valence-electron chi connectivity index (χ1n) is 9.72. The fourth-order valence-electron chi connectivity index (χ4n) is 3.76. The molecule has 5 rings (SSSR count). The van der Waals surface area contributed by atoms with Crippen LogP contribution in [0.15, 0.2) is 47.3 Å². The van der Waals surface area contributed by atoms with Crippen molar-refractivity contribution in [2.45, 2.75) is 38.3 Å². The van der Waals surface area contributed by atoms with E-state index >= 15 is 0 Å². The molecule has 1 aromatic carbocycles. The van der Waals surface area contributed by atoms with Gasteiger partial charge in [-0.15, -0.1) is 0 Å². The number of benzene rings is 1. The number of halogens is 1. The van der Waals surface area contributed by atoms with Crippen LogP contribution in [0.4, 0.5) is 0 Å². The Morgan fingerprint density at radius 3 is 2.71 bits per heavy atom. The molecule has 0 bridgehead atoms. The molecule has 2 aromatic heterocycles. The van der Waals surface area contributed by atoms with Crippen LogP contribution in [-0.2, 0) is 19.5 Å². The number of nitrogens with one attached hydrogen (secondary N) is 1. The number of hydrogen-bond acceptors (Lipinski definition) is 4. The van der Waals surface area contributed by atoms with E-state index in [1.807, 2.05) is 42.5 Å². The predicted octanol–water partition coefficient (Wildman–Crippen LogP) is 3.92. The van der Waals surface area contributed by atoms with Crippen LogP contribution in [0.5, 0.6) is 0 Å². The number of aromatic amines is 1. The van der Waals surface area contributed by atoms with E-state index in [1.54, 1.807) is 0 Å². The molecule has 142 valence electrons. The van der Waals surface area contributed by atoms with Crippen molar-refractivity contribution in [2.75, 3.05) is 6.54 Å². The van der Waals surface area contributed by atoms with Crippen molar-refractivity contribution >= 4 is 11.6 Å². The van der Waals surface area contributed by atoms with Gasteiger partial charge in [-0.25, -0.2) is 4.98 Å². The minimum absolute atomic E-state index is 0.0273. The minimum Gasteiger partial charge on any atom is -0.310 e. The summed E-state index contributed by atoms with van der Waals surface area (Å²) in [7, 11) is 0. The Balaban J connectivity index is 1.34. The van der Waals surface area contributed by atoms with Gasteiger partial charge in [-0.2, -0.15) is 0 Å². The van der Waals surface area contributed by atoms with Crippen LogP contribution in [0.3, 0.4) is 0 Å². The summed E-state index contributed by atoms with van der Waals surface area (Å²) in [6.45, 7) is 2.22. The zero-order chi connectivity index (χ0) is 19.1. The molecule has 1 aliphatic carbocycles. The van der Waals surface area contributed by atoms with Crippen molar-refractivity contribution in [1.82, 2.24) is 19.9 Å².